The lowest BCUT2D eigenvalue weighted by atomic mass is 9.92. The van der Waals surface area contributed by atoms with Gasteiger partial charge in [-0.3, -0.25) is 4.79 Å². The minimum atomic E-state index is 0.151. The molecule has 0 saturated carbocycles. The molecule has 1 aliphatic heterocycles. The first kappa shape index (κ1) is 17.1. The number of hydrogen-bond acceptors (Lipinski definition) is 4. The first-order valence-corrected chi connectivity index (χ1v) is 9.45. The minimum absolute atomic E-state index is 0.151. The van der Waals surface area contributed by atoms with Crippen LogP contribution in [0.3, 0.4) is 0 Å². The van der Waals surface area contributed by atoms with E-state index in [1.807, 2.05) is 16.3 Å². The fraction of sp³-hybridized carbons (Fsp3) is 0.474. The van der Waals surface area contributed by atoms with Gasteiger partial charge in [-0.25, -0.2) is 4.98 Å². The van der Waals surface area contributed by atoms with Crippen molar-refractivity contribution in [2.75, 3.05) is 13.1 Å². The number of thiazole rings is 1. The number of benzene rings is 1. The molecule has 1 aromatic carbocycles. The summed E-state index contributed by atoms with van der Waals surface area (Å²) in [4.78, 5) is 19.3. The Kier molecular flexibility index (Phi) is 5.31. The van der Waals surface area contributed by atoms with E-state index < -0.39 is 0 Å². The third-order valence-corrected chi connectivity index (χ3v) is 5.66. The number of aromatic nitrogens is 1. The Hall–Kier alpha value is -1.72. The van der Waals surface area contributed by atoms with Gasteiger partial charge in [0.1, 0.15) is 5.01 Å². The van der Waals surface area contributed by atoms with E-state index in [9.17, 15) is 4.79 Å². The van der Waals surface area contributed by atoms with E-state index in [4.69, 9.17) is 5.73 Å². The molecule has 1 aromatic heterocycles. The summed E-state index contributed by atoms with van der Waals surface area (Å²) in [5.41, 5.74) is 9.06. The number of rotatable bonds is 4. The van der Waals surface area contributed by atoms with Crippen molar-refractivity contribution in [3.63, 3.8) is 0 Å². The lowest BCUT2D eigenvalue weighted by Gasteiger charge is -2.38. The van der Waals surface area contributed by atoms with Crippen molar-refractivity contribution in [1.82, 2.24) is 9.88 Å². The summed E-state index contributed by atoms with van der Waals surface area (Å²) < 4.78 is 0. The van der Waals surface area contributed by atoms with Crippen molar-refractivity contribution >= 4 is 17.2 Å². The number of amides is 1. The smallest absolute Gasteiger partial charge is 0.228 e. The number of aryl methyl sites for hydroxylation is 1. The van der Waals surface area contributed by atoms with E-state index in [0.29, 0.717) is 18.9 Å². The zero-order chi connectivity index (χ0) is 17.1. The lowest BCUT2D eigenvalue weighted by Crippen LogP contribution is -2.49. The Balaban J connectivity index is 1.69. The Labute approximate surface area is 147 Å². The molecule has 0 spiro atoms. The molecule has 0 radical (unpaired) electrons. The molecule has 1 saturated heterocycles. The Bertz CT molecular complexity index is 712. The average molecular weight is 343 g/mol. The van der Waals surface area contributed by atoms with Crippen LogP contribution in [0.1, 0.15) is 31.0 Å². The highest BCUT2D eigenvalue weighted by Gasteiger charge is 2.29. The number of hydrogen-bond donors (Lipinski definition) is 1. The largest absolute Gasteiger partial charge is 0.338 e. The second-order valence-corrected chi connectivity index (χ2v) is 7.65. The lowest BCUT2D eigenvalue weighted by molar-refractivity contribution is -0.134. The summed E-state index contributed by atoms with van der Waals surface area (Å²) >= 11 is 1.60. The van der Waals surface area contributed by atoms with E-state index in [2.05, 4.69) is 37.0 Å². The first-order valence-electron chi connectivity index (χ1n) is 8.57. The average Bonchev–Trinajstić information content (AvgIpc) is 3.03. The molecule has 0 bridgehead atoms. The fourth-order valence-corrected chi connectivity index (χ4v) is 4.18. The van der Waals surface area contributed by atoms with Crippen LogP contribution in [0, 0.1) is 12.8 Å². The van der Waals surface area contributed by atoms with Gasteiger partial charge in [0.2, 0.25) is 5.91 Å². The molecular formula is C19H25N3OS. The number of piperidine rings is 1. The van der Waals surface area contributed by atoms with Gasteiger partial charge in [0.05, 0.1) is 12.1 Å². The molecule has 2 heterocycles. The van der Waals surface area contributed by atoms with E-state index in [1.54, 1.807) is 11.3 Å². The van der Waals surface area contributed by atoms with Crippen LogP contribution < -0.4 is 5.73 Å². The number of nitrogens with zero attached hydrogens (tertiary/aromatic N) is 2. The third-order valence-electron chi connectivity index (χ3n) is 4.72. The van der Waals surface area contributed by atoms with Crippen molar-refractivity contribution in [1.29, 1.82) is 0 Å². The first-order chi connectivity index (χ1) is 11.6. The predicted molar refractivity (Wildman–Crippen MR) is 98.9 cm³/mol. The highest BCUT2D eigenvalue weighted by molar-refractivity contribution is 7.13. The molecule has 1 aliphatic rings. The zero-order valence-corrected chi connectivity index (χ0v) is 15.2. The second kappa shape index (κ2) is 7.45. The molecule has 2 unspecified atom stereocenters. The van der Waals surface area contributed by atoms with Gasteiger partial charge in [-0.2, -0.15) is 0 Å². The molecule has 0 aliphatic carbocycles. The third kappa shape index (κ3) is 3.84. The summed E-state index contributed by atoms with van der Waals surface area (Å²) in [5.74, 6) is 0.799. The van der Waals surface area contributed by atoms with Crippen LogP contribution in [-0.2, 0) is 11.2 Å². The molecule has 1 amide bonds. The highest BCUT2D eigenvalue weighted by Crippen LogP contribution is 2.26. The summed E-state index contributed by atoms with van der Waals surface area (Å²) in [6.45, 7) is 5.67. The topological polar surface area (TPSA) is 59.2 Å². The molecule has 2 atom stereocenters. The fourth-order valence-electron chi connectivity index (χ4n) is 3.36. The van der Waals surface area contributed by atoms with Crippen molar-refractivity contribution < 1.29 is 4.79 Å². The molecule has 5 heteroatoms. The molecule has 1 fully saturated rings. The number of carbonyl (C=O) groups is 1. The Morgan fingerprint density at radius 2 is 2.29 bits per heavy atom. The molecule has 128 valence electrons. The number of nitrogens with two attached hydrogens (primary N) is 1. The van der Waals surface area contributed by atoms with Crippen LogP contribution in [0.5, 0.6) is 0 Å². The van der Waals surface area contributed by atoms with Crippen LogP contribution in [0.25, 0.3) is 10.6 Å². The van der Waals surface area contributed by atoms with Gasteiger partial charge in [-0.15, -0.1) is 11.3 Å². The monoisotopic (exact) mass is 343 g/mol. The van der Waals surface area contributed by atoms with Crippen molar-refractivity contribution in [3.8, 4) is 10.6 Å². The van der Waals surface area contributed by atoms with Crippen LogP contribution >= 0.6 is 11.3 Å². The zero-order valence-electron chi connectivity index (χ0n) is 14.4. The number of likely N-dealkylation sites (tertiary alicyclic amines) is 1. The quantitative estimate of drug-likeness (QED) is 0.927. The summed E-state index contributed by atoms with van der Waals surface area (Å²) in [7, 11) is 0. The van der Waals surface area contributed by atoms with Crippen molar-refractivity contribution in [3.05, 3.63) is 40.9 Å². The Morgan fingerprint density at radius 3 is 3.04 bits per heavy atom. The molecule has 4 nitrogen and oxygen atoms in total. The molecule has 2 aromatic rings. The summed E-state index contributed by atoms with van der Waals surface area (Å²) in [5, 5.41) is 2.98. The van der Waals surface area contributed by atoms with Gasteiger partial charge >= 0.3 is 0 Å². The number of carbonyl (C=O) groups excluding carboxylic acids is 1. The van der Waals surface area contributed by atoms with Gasteiger partial charge < -0.3 is 10.6 Å². The van der Waals surface area contributed by atoms with E-state index in [1.165, 1.54) is 5.56 Å². The van der Waals surface area contributed by atoms with Crippen LogP contribution in [0.4, 0.5) is 0 Å². The molecule has 2 N–H and O–H groups in total. The molecule has 24 heavy (non-hydrogen) atoms. The maximum Gasteiger partial charge on any atom is 0.228 e. The standard InChI is InChI=1S/C19H25N3OS/c1-13-4-3-5-15(8-13)19-21-16(12-24-19)10-18(23)22-7-6-14(2)9-17(22)11-20/h3-5,8,12,14,17H,6-7,9-11,20H2,1-2H3. The van der Waals surface area contributed by atoms with Crippen LogP contribution in [-0.4, -0.2) is 34.9 Å². The normalized spacial score (nSPS) is 21.0. The molecule has 3 rings (SSSR count). The van der Waals surface area contributed by atoms with E-state index in [0.717, 1.165) is 35.7 Å². The predicted octanol–water partition coefficient (Wildman–Crippen LogP) is 3.25. The maximum absolute atomic E-state index is 12.7. The van der Waals surface area contributed by atoms with Crippen LogP contribution in [0.2, 0.25) is 0 Å². The second-order valence-electron chi connectivity index (χ2n) is 6.80. The van der Waals surface area contributed by atoms with E-state index >= 15 is 0 Å². The highest BCUT2D eigenvalue weighted by atomic mass is 32.1. The summed E-state index contributed by atoms with van der Waals surface area (Å²) in [6, 6.07) is 8.48. The van der Waals surface area contributed by atoms with E-state index in [-0.39, 0.29) is 11.9 Å². The minimum Gasteiger partial charge on any atom is -0.338 e. The maximum atomic E-state index is 12.7. The molecular weight excluding hydrogens is 318 g/mol. The summed E-state index contributed by atoms with van der Waals surface area (Å²) in [6.07, 6.45) is 2.44. The van der Waals surface area contributed by atoms with Gasteiger partial charge in [-0.1, -0.05) is 30.7 Å². The van der Waals surface area contributed by atoms with Crippen molar-refractivity contribution in [2.24, 2.45) is 11.7 Å². The van der Waals surface area contributed by atoms with Gasteiger partial charge in [0, 0.05) is 30.1 Å². The van der Waals surface area contributed by atoms with Gasteiger partial charge in [-0.05, 0) is 31.7 Å². The van der Waals surface area contributed by atoms with Gasteiger partial charge in [0.25, 0.3) is 0 Å². The SMILES string of the molecule is Cc1cccc(-c2nc(CC(=O)N3CCC(C)CC3CN)cs2)c1. The Morgan fingerprint density at radius 1 is 1.46 bits per heavy atom. The van der Waals surface area contributed by atoms with Crippen LogP contribution in [0.15, 0.2) is 29.6 Å². The van der Waals surface area contributed by atoms with Crippen molar-refractivity contribution in [2.45, 2.75) is 39.2 Å². The van der Waals surface area contributed by atoms with Gasteiger partial charge in [0.15, 0.2) is 0 Å².